The number of aliphatic carboxylic acids is 1. The molecule has 1 heterocycles. The maximum Gasteiger partial charge on any atom is 0.310 e. The van der Waals surface area contributed by atoms with Crippen molar-refractivity contribution in [1.82, 2.24) is 5.32 Å². The molecule has 2 rings (SSSR count). The summed E-state index contributed by atoms with van der Waals surface area (Å²) in [6.07, 6.45) is 4.23. The van der Waals surface area contributed by atoms with Gasteiger partial charge in [0.25, 0.3) is 0 Å². The van der Waals surface area contributed by atoms with Crippen LogP contribution in [-0.2, 0) is 16.1 Å². The molecule has 1 saturated carbocycles. The number of hydrogen-bond donors (Lipinski definition) is 2. The lowest BCUT2D eigenvalue weighted by Gasteiger charge is -2.32. The highest BCUT2D eigenvalue weighted by Crippen LogP contribution is 2.39. The second-order valence-corrected chi connectivity index (χ2v) is 6.21. The van der Waals surface area contributed by atoms with Gasteiger partial charge in [-0.2, -0.15) is 0 Å². The lowest BCUT2D eigenvalue weighted by Crippen LogP contribution is -2.38. The summed E-state index contributed by atoms with van der Waals surface area (Å²) in [4.78, 5) is 24.5. The van der Waals surface area contributed by atoms with E-state index in [1.165, 1.54) is 0 Å². The predicted molar refractivity (Wildman–Crippen MR) is 73.9 cm³/mol. The summed E-state index contributed by atoms with van der Waals surface area (Å²) in [5.41, 5.74) is -0.836. The number of carboxylic acids is 1. The molecule has 4 nitrogen and oxygen atoms in total. The molecule has 0 aromatic carbocycles. The van der Waals surface area contributed by atoms with Gasteiger partial charge in [0.2, 0.25) is 5.91 Å². The smallest absolute Gasteiger partial charge is 0.310 e. The van der Waals surface area contributed by atoms with Crippen LogP contribution in [0.2, 0.25) is 0 Å². The molecule has 1 aliphatic rings. The largest absolute Gasteiger partial charge is 0.481 e. The highest BCUT2D eigenvalue weighted by atomic mass is 32.1. The number of rotatable bonds is 5. The van der Waals surface area contributed by atoms with Crippen LogP contribution < -0.4 is 5.32 Å². The molecule has 5 heteroatoms. The molecule has 2 N–H and O–H groups in total. The Morgan fingerprint density at radius 1 is 1.32 bits per heavy atom. The molecule has 1 aliphatic carbocycles. The average Bonchev–Trinajstić information content (AvgIpc) is 2.90. The standard InChI is InChI=1S/C14H19NO3S/c16-12(15-10-11-5-4-8-19-11)9-14(13(17)18)6-2-1-3-7-14/h4-5,8H,1-3,6-7,9-10H2,(H,15,16)(H,17,18). The van der Waals surface area contributed by atoms with E-state index in [1.54, 1.807) is 11.3 Å². The maximum atomic E-state index is 11.9. The molecule has 1 aromatic rings. The SMILES string of the molecule is O=C(CC1(C(=O)O)CCCCC1)NCc1cccs1. The monoisotopic (exact) mass is 281 g/mol. The highest BCUT2D eigenvalue weighted by Gasteiger charge is 2.41. The minimum absolute atomic E-state index is 0.105. The predicted octanol–water partition coefficient (Wildman–Crippen LogP) is 2.79. The van der Waals surface area contributed by atoms with Crippen LogP contribution in [0.5, 0.6) is 0 Å². The van der Waals surface area contributed by atoms with Crippen LogP contribution in [-0.4, -0.2) is 17.0 Å². The molecule has 1 aromatic heterocycles. The van der Waals surface area contributed by atoms with Crippen LogP contribution in [0.3, 0.4) is 0 Å². The van der Waals surface area contributed by atoms with Gasteiger partial charge in [0.15, 0.2) is 0 Å². The van der Waals surface area contributed by atoms with Crippen LogP contribution >= 0.6 is 11.3 Å². The van der Waals surface area contributed by atoms with E-state index in [4.69, 9.17) is 0 Å². The summed E-state index contributed by atoms with van der Waals surface area (Å²) in [7, 11) is 0. The first-order valence-corrected chi connectivity index (χ1v) is 7.53. The third-order valence-corrected chi connectivity index (χ3v) is 4.68. The molecular weight excluding hydrogens is 262 g/mol. The van der Waals surface area contributed by atoms with Gasteiger partial charge in [-0.3, -0.25) is 9.59 Å². The zero-order chi connectivity index (χ0) is 13.7. The van der Waals surface area contributed by atoms with Crippen molar-refractivity contribution in [2.24, 2.45) is 5.41 Å². The van der Waals surface area contributed by atoms with Gasteiger partial charge in [-0.25, -0.2) is 0 Å². The number of carboxylic acid groups (broad SMARTS) is 1. The van der Waals surface area contributed by atoms with Gasteiger partial charge in [-0.05, 0) is 24.3 Å². The Morgan fingerprint density at radius 2 is 2.05 bits per heavy atom. The Balaban J connectivity index is 1.90. The molecule has 0 saturated heterocycles. The van der Waals surface area contributed by atoms with E-state index < -0.39 is 11.4 Å². The van der Waals surface area contributed by atoms with E-state index in [0.29, 0.717) is 19.4 Å². The van der Waals surface area contributed by atoms with E-state index in [1.807, 2.05) is 17.5 Å². The third kappa shape index (κ3) is 3.56. The van der Waals surface area contributed by atoms with Gasteiger partial charge < -0.3 is 10.4 Å². The van der Waals surface area contributed by atoms with Crippen LogP contribution in [0, 0.1) is 5.41 Å². The first kappa shape index (κ1) is 14.1. The van der Waals surface area contributed by atoms with Crippen molar-refractivity contribution >= 4 is 23.2 Å². The van der Waals surface area contributed by atoms with E-state index in [9.17, 15) is 14.7 Å². The van der Waals surface area contributed by atoms with E-state index in [0.717, 1.165) is 24.1 Å². The van der Waals surface area contributed by atoms with Crippen molar-refractivity contribution in [3.63, 3.8) is 0 Å². The first-order chi connectivity index (χ1) is 9.12. The molecule has 0 bridgehead atoms. The van der Waals surface area contributed by atoms with Crippen molar-refractivity contribution in [2.75, 3.05) is 0 Å². The second-order valence-electron chi connectivity index (χ2n) is 5.18. The number of nitrogens with one attached hydrogen (secondary N) is 1. The van der Waals surface area contributed by atoms with Crippen molar-refractivity contribution in [2.45, 2.75) is 45.1 Å². The fourth-order valence-electron chi connectivity index (χ4n) is 2.66. The van der Waals surface area contributed by atoms with Crippen LogP contribution in [0.15, 0.2) is 17.5 Å². The molecule has 19 heavy (non-hydrogen) atoms. The molecular formula is C14H19NO3S. The Hall–Kier alpha value is -1.36. The highest BCUT2D eigenvalue weighted by molar-refractivity contribution is 7.09. The summed E-state index contributed by atoms with van der Waals surface area (Å²) in [6.45, 7) is 0.492. The fraction of sp³-hybridized carbons (Fsp3) is 0.571. The minimum Gasteiger partial charge on any atom is -0.481 e. The molecule has 104 valence electrons. The van der Waals surface area contributed by atoms with Gasteiger partial charge in [0, 0.05) is 11.3 Å². The van der Waals surface area contributed by atoms with Gasteiger partial charge in [-0.1, -0.05) is 25.3 Å². The van der Waals surface area contributed by atoms with Crippen molar-refractivity contribution < 1.29 is 14.7 Å². The molecule has 0 atom stereocenters. The van der Waals surface area contributed by atoms with Gasteiger partial charge >= 0.3 is 5.97 Å². The number of amides is 1. The molecule has 0 spiro atoms. The van der Waals surface area contributed by atoms with Gasteiger partial charge in [-0.15, -0.1) is 11.3 Å². The van der Waals surface area contributed by atoms with E-state index in [2.05, 4.69) is 5.32 Å². The third-order valence-electron chi connectivity index (χ3n) is 3.80. The topological polar surface area (TPSA) is 66.4 Å². The van der Waals surface area contributed by atoms with Gasteiger partial charge in [0.05, 0.1) is 12.0 Å². The Kier molecular flexibility index (Phi) is 4.58. The zero-order valence-corrected chi connectivity index (χ0v) is 11.7. The normalized spacial score (nSPS) is 17.9. The lowest BCUT2D eigenvalue weighted by molar-refractivity contribution is -0.154. The van der Waals surface area contributed by atoms with Crippen molar-refractivity contribution in [3.05, 3.63) is 22.4 Å². The maximum absolute atomic E-state index is 11.9. The second kappa shape index (κ2) is 6.19. The molecule has 0 unspecified atom stereocenters. The summed E-state index contributed by atoms with van der Waals surface area (Å²) in [6, 6.07) is 3.89. The number of hydrogen-bond acceptors (Lipinski definition) is 3. The van der Waals surface area contributed by atoms with Crippen LogP contribution in [0.25, 0.3) is 0 Å². The van der Waals surface area contributed by atoms with Gasteiger partial charge in [0.1, 0.15) is 0 Å². The minimum atomic E-state index is -0.836. The molecule has 1 fully saturated rings. The number of carbonyl (C=O) groups is 2. The number of carbonyl (C=O) groups excluding carboxylic acids is 1. The van der Waals surface area contributed by atoms with Crippen molar-refractivity contribution in [1.29, 1.82) is 0 Å². The lowest BCUT2D eigenvalue weighted by atomic mass is 9.71. The first-order valence-electron chi connectivity index (χ1n) is 6.65. The van der Waals surface area contributed by atoms with E-state index in [-0.39, 0.29) is 12.3 Å². The molecule has 0 radical (unpaired) electrons. The Labute approximate surface area is 116 Å². The summed E-state index contributed by atoms with van der Waals surface area (Å²) in [5.74, 6) is -0.976. The average molecular weight is 281 g/mol. The summed E-state index contributed by atoms with van der Waals surface area (Å²) < 4.78 is 0. The fourth-order valence-corrected chi connectivity index (χ4v) is 3.31. The molecule has 1 amide bonds. The Bertz CT molecular complexity index is 436. The van der Waals surface area contributed by atoms with Crippen LogP contribution in [0.4, 0.5) is 0 Å². The van der Waals surface area contributed by atoms with Crippen LogP contribution in [0.1, 0.15) is 43.4 Å². The van der Waals surface area contributed by atoms with Crippen molar-refractivity contribution in [3.8, 4) is 0 Å². The van der Waals surface area contributed by atoms with E-state index >= 15 is 0 Å². The zero-order valence-electron chi connectivity index (χ0n) is 10.9. The summed E-state index contributed by atoms with van der Waals surface area (Å²) >= 11 is 1.59. The summed E-state index contributed by atoms with van der Waals surface area (Å²) in [5, 5.41) is 14.2. The quantitative estimate of drug-likeness (QED) is 0.872. The number of thiophene rings is 1. The molecule has 0 aliphatic heterocycles. The Morgan fingerprint density at radius 3 is 2.63 bits per heavy atom.